The van der Waals surface area contributed by atoms with Crippen LogP contribution < -0.4 is 5.32 Å². The van der Waals surface area contributed by atoms with Crippen LogP contribution in [0.4, 0.5) is 0 Å². The number of thioether (sulfide) groups is 1. The highest BCUT2D eigenvalue weighted by molar-refractivity contribution is 8.00. The van der Waals surface area contributed by atoms with Crippen LogP contribution in [0.1, 0.15) is 19.3 Å². The molecule has 3 heterocycles. The number of fused-ring (bicyclic) bond motifs is 2. The Kier molecular flexibility index (Phi) is 3.64. The molecule has 3 aliphatic heterocycles. The van der Waals surface area contributed by atoms with Gasteiger partial charge in [0, 0.05) is 42.9 Å². The highest BCUT2D eigenvalue weighted by Gasteiger charge is 2.41. The lowest BCUT2D eigenvalue weighted by Gasteiger charge is -2.37. The van der Waals surface area contributed by atoms with E-state index < -0.39 is 9.84 Å². The molecular weight excluding hydrogens is 268 g/mol. The van der Waals surface area contributed by atoms with Crippen LogP contribution >= 0.6 is 11.8 Å². The molecule has 2 bridgehead atoms. The van der Waals surface area contributed by atoms with Crippen LogP contribution in [0.5, 0.6) is 0 Å². The number of nitrogens with zero attached hydrogens (tertiary/aromatic N) is 1. The Bertz CT molecular complexity index is 412. The summed E-state index contributed by atoms with van der Waals surface area (Å²) in [5, 5.41) is 3.39. The third-order valence-electron chi connectivity index (χ3n) is 4.59. The Morgan fingerprint density at radius 2 is 2.22 bits per heavy atom. The molecule has 0 saturated carbocycles. The van der Waals surface area contributed by atoms with Gasteiger partial charge in [0.25, 0.3) is 0 Å². The molecule has 0 aromatic rings. The van der Waals surface area contributed by atoms with E-state index in [9.17, 15) is 8.42 Å². The first-order valence-electron chi connectivity index (χ1n) is 6.81. The lowest BCUT2D eigenvalue weighted by molar-refractivity contribution is 0.208. The highest BCUT2D eigenvalue weighted by atomic mass is 32.2. The monoisotopic (exact) mass is 290 g/mol. The molecule has 0 aromatic heterocycles. The third-order valence-corrected chi connectivity index (χ3v) is 7.27. The van der Waals surface area contributed by atoms with Crippen molar-refractivity contribution in [3.63, 3.8) is 0 Å². The predicted octanol–water partition coefficient (Wildman–Crippen LogP) is 0.546. The highest BCUT2D eigenvalue weighted by Crippen LogP contribution is 2.34. The van der Waals surface area contributed by atoms with E-state index in [0.717, 1.165) is 24.6 Å². The first kappa shape index (κ1) is 13.2. The SMILES string of the molecule is CS(=O)(=O)C1CSCCN1CC1CC2CCC1N2. The van der Waals surface area contributed by atoms with E-state index in [2.05, 4.69) is 10.2 Å². The zero-order chi connectivity index (χ0) is 12.8. The van der Waals surface area contributed by atoms with Crippen molar-refractivity contribution in [3.05, 3.63) is 0 Å². The minimum Gasteiger partial charge on any atom is -0.311 e. The second-order valence-electron chi connectivity index (χ2n) is 5.90. The number of hydrogen-bond donors (Lipinski definition) is 1. The number of rotatable bonds is 3. The van der Waals surface area contributed by atoms with Gasteiger partial charge >= 0.3 is 0 Å². The standard InChI is InChI=1S/C12H22N2O2S2/c1-18(15,16)12-8-17-5-4-14(12)7-9-6-10-2-3-11(9)13-10/h9-13H,2-8H2,1H3. The van der Waals surface area contributed by atoms with Crippen molar-refractivity contribution in [2.45, 2.75) is 36.7 Å². The van der Waals surface area contributed by atoms with E-state index in [1.165, 1.54) is 25.5 Å². The number of sulfone groups is 1. The van der Waals surface area contributed by atoms with Gasteiger partial charge in [0.1, 0.15) is 5.37 Å². The summed E-state index contributed by atoms with van der Waals surface area (Å²) in [4.78, 5) is 2.22. The molecule has 0 aliphatic carbocycles. The van der Waals surface area contributed by atoms with Gasteiger partial charge in [0.15, 0.2) is 9.84 Å². The average Bonchev–Trinajstić information content (AvgIpc) is 2.90. The molecule has 3 rings (SSSR count). The number of hydrogen-bond acceptors (Lipinski definition) is 5. The lowest BCUT2D eigenvalue weighted by Crippen LogP contribution is -2.49. The molecular formula is C12H22N2O2S2. The molecule has 3 saturated heterocycles. The molecule has 0 spiro atoms. The van der Waals surface area contributed by atoms with Crippen molar-refractivity contribution in [1.82, 2.24) is 10.2 Å². The largest absolute Gasteiger partial charge is 0.311 e. The molecule has 3 fully saturated rings. The summed E-state index contributed by atoms with van der Waals surface area (Å²) in [7, 11) is -2.95. The Hall–Kier alpha value is 0.220. The second-order valence-corrected chi connectivity index (χ2v) is 9.25. The molecule has 4 atom stereocenters. The molecule has 6 heteroatoms. The summed E-state index contributed by atoms with van der Waals surface area (Å²) >= 11 is 1.77. The van der Waals surface area contributed by atoms with Gasteiger partial charge < -0.3 is 5.32 Å². The third kappa shape index (κ3) is 2.57. The summed E-state index contributed by atoms with van der Waals surface area (Å²) in [6.07, 6.45) is 5.22. The fraction of sp³-hybridized carbons (Fsp3) is 1.00. The molecule has 3 aliphatic rings. The quantitative estimate of drug-likeness (QED) is 0.822. The van der Waals surface area contributed by atoms with Gasteiger partial charge in [-0.05, 0) is 25.2 Å². The van der Waals surface area contributed by atoms with Crippen LogP contribution in [0.25, 0.3) is 0 Å². The van der Waals surface area contributed by atoms with E-state index in [-0.39, 0.29) is 5.37 Å². The van der Waals surface area contributed by atoms with E-state index in [1.54, 1.807) is 11.8 Å². The minimum absolute atomic E-state index is 0.254. The maximum atomic E-state index is 11.9. The summed E-state index contributed by atoms with van der Waals surface area (Å²) in [5.74, 6) is 2.48. The van der Waals surface area contributed by atoms with Crippen LogP contribution in [0.2, 0.25) is 0 Å². The summed E-state index contributed by atoms with van der Waals surface area (Å²) in [6.45, 7) is 1.89. The molecule has 0 radical (unpaired) electrons. The maximum absolute atomic E-state index is 11.9. The first-order chi connectivity index (χ1) is 8.54. The fourth-order valence-electron chi connectivity index (χ4n) is 3.66. The normalized spacial score (nSPS) is 41.4. The van der Waals surface area contributed by atoms with Crippen LogP contribution in [-0.2, 0) is 9.84 Å². The van der Waals surface area contributed by atoms with Gasteiger partial charge in [-0.2, -0.15) is 11.8 Å². The average molecular weight is 290 g/mol. The predicted molar refractivity (Wildman–Crippen MR) is 75.6 cm³/mol. The van der Waals surface area contributed by atoms with Gasteiger partial charge in [-0.1, -0.05) is 0 Å². The van der Waals surface area contributed by atoms with Gasteiger partial charge in [-0.3, -0.25) is 4.90 Å². The summed E-state index contributed by atoms with van der Waals surface area (Å²) in [5.41, 5.74) is 0. The van der Waals surface area contributed by atoms with Crippen molar-refractivity contribution >= 4 is 21.6 Å². The molecule has 18 heavy (non-hydrogen) atoms. The topological polar surface area (TPSA) is 49.4 Å². The molecule has 0 aromatic carbocycles. The van der Waals surface area contributed by atoms with Gasteiger partial charge in [-0.15, -0.1) is 0 Å². The van der Waals surface area contributed by atoms with Crippen molar-refractivity contribution < 1.29 is 8.42 Å². The van der Waals surface area contributed by atoms with Gasteiger partial charge in [0.2, 0.25) is 0 Å². The van der Waals surface area contributed by atoms with Crippen LogP contribution in [0.3, 0.4) is 0 Å². The van der Waals surface area contributed by atoms with Crippen molar-refractivity contribution in [3.8, 4) is 0 Å². The van der Waals surface area contributed by atoms with Crippen LogP contribution in [0.15, 0.2) is 0 Å². The molecule has 104 valence electrons. The van der Waals surface area contributed by atoms with Gasteiger partial charge in [0.05, 0.1) is 0 Å². The zero-order valence-corrected chi connectivity index (χ0v) is 12.5. The second kappa shape index (κ2) is 4.96. The van der Waals surface area contributed by atoms with Crippen molar-refractivity contribution in [2.24, 2.45) is 5.92 Å². The zero-order valence-electron chi connectivity index (χ0n) is 10.8. The van der Waals surface area contributed by atoms with Crippen LogP contribution in [0, 0.1) is 5.92 Å². The maximum Gasteiger partial charge on any atom is 0.164 e. The first-order valence-corrected chi connectivity index (χ1v) is 9.91. The smallest absolute Gasteiger partial charge is 0.164 e. The Labute approximate surface area is 114 Å². The van der Waals surface area contributed by atoms with Crippen molar-refractivity contribution in [2.75, 3.05) is 30.9 Å². The minimum atomic E-state index is -2.95. The Balaban J connectivity index is 1.66. The van der Waals surface area contributed by atoms with E-state index in [4.69, 9.17) is 0 Å². The molecule has 4 nitrogen and oxygen atoms in total. The Morgan fingerprint density at radius 3 is 2.83 bits per heavy atom. The Morgan fingerprint density at radius 1 is 1.39 bits per heavy atom. The molecule has 1 N–H and O–H groups in total. The van der Waals surface area contributed by atoms with E-state index >= 15 is 0 Å². The van der Waals surface area contributed by atoms with E-state index in [0.29, 0.717) is 18.0 Å². The lowest BCUT2D eigenvalue weighted by atomic mass is 9.89. The van der Waals surface area contributed by atoms with E-state index in [1.807, 2.05) is 0 Å². The molecule has 4 unspecified atom stereocenters. The number of nitrogens with one attached hydrogen (secondary N) is 1. The van der Waals surface area contributed by atoms with Crippen LogP contribution in [-0.4, -0.2) is 61.6 Å². The van der Waals surface area contributed by atoms with Crippen molar-refractivity contribution in [1.29, 1.82) is 0 Å². The van der Waals surface area contributed by atoms with Gasteiger partial charge in [-0.25, -0.2) is 8.42 Å². The fourth-order valence-corrected chi connectivity index (χ4v) is 6.61. The summed E-state index contributed by atoms with van der Waals surface area (Å²) in [6, 6.07) is 1.35. The summed E-state index contributed by atoms with van der Waals surface area (Å²) < 4.78 is 23.7. The molecule has 0 amide bonds.